The van der Waals surface area contributed by atoms with Gasteiger partial charge >= 0.3 is 0 Å². The van der Waals surface area contributed by atoms with Crippen LogP contribution in [0.3, 0.4) is 0 Å². The zero-order chi connectivity index (χ0) is 15.5. The van der Waals surface area contributed by atoms with Gasteiger partial charge < -0.3 is 14.6 Å². The SMILES string of the molecule is O=Cc1cn(CC(=O)NCC2CCCO2)c2ccc(F)cc12. The van der Waals surface area contributed by atoms with Crippen LogP contribution in [0.15, 0.2) is 24.4 Å². The Morgan fingerprint density at radius 1 is 1.50 bits per heavy atom. The number of hydrogen-bond acceptors (Lipinski definition) is 3. The Bertz CT molecular complexity index is 705. The number of benzene rings is 1. The van der Waals surface area contributed by atoms with E-state index < -0.39 is 5.82 Å². The second kappa shape index (κ2) is 6.27. The summed E-state index contributed by atoms with van der Waals surface area (Å²) in [7, 11) is 0. The molecule has 3 rings (SSSR count). The summed E-state index contributed by atoms with van der Waals surface area (Å²) >= 11 is 0. The average molecular weight is 304 g/mol. The highest BCUT2D eigenvalue weighted by Crippen LogP contribution is 2.21. The van der Waals surface area contributed by atoms with Crippen LogP contribution in [0.25, 0.3) is 10.9 Å². The number of hydrogen-bond donors (Lipinski definition) is 1. The lowest BCUT2D eigenvalue weighted by Gasteiger charge is -2.11. The van der Waals surface area contributed by atoms with Crippen LogP contribution in [-0.2, 0) is 16.1 Å². The van der Waals surface area contributed by atoms with Crippen LogP contribution in [0.2, 0.25) is 0 Å². The summed E-state index contributed by atoms with van der Waals surface area (Å²) in [6.07, 6.45) is 4.31. The molecule has 0 bridgehead atoms. The predicted molar refractivity (Wildman–Crippen MR) is 79.3 cm³/mol. The molecule has 1 N–H and O–H groups in total. The van der Waals surface area contributed by atoms with Gasteiger partial charge in [-0.2, -0.15) is 0 Å². The minimum Gasteiger partial charge on any atom is -0.376 e. The molecule has 1 fully saturated rings. The number of nitrogens with zero attached hydrogens (tertiary/aromatic N) is 1. The second-order valence-electron chi connectivity index (χ2n) is 5.43. The summed E-state index contributed by atoms with van der Waals surface area (Å²) in [5, 5.41) is 3.34. The van der Waals surface area contributed by atoms with E-state index in [1.165, 1.54) is 12.1 Å². The lowest BCUT2D eigenvalue weighted by atomic mass is 10.2. The molecule has 2 heterocycles. The van der Waals surface area contributed by atoms with Crippen LogP contribution in [0.5, 0.6) is 0 Å². The van der Waals surface area contributed by atoms with E-state index in [9.17, 15) is 14.0 Å². The van der Waals surface area contributed by atoms with E-state index in [1.54, 1.807) is 16.8 Å². The zero-order valence-corrected chi connectivity index (χ0v) is 12.0. The summed E-state index contributed by atoms with van der Waals surface area (Å²) in [5.74, 6) is -0.564. The quantitative estimate of drug-likeness (QED) is 0.858. The van der Waals surface area contributed by atoms with Gasteiger partial charge in [-0.25, -0.2) is 4.39 Å². The van der Waals surface area contributed by atoms with Crippen LogP contribution in [0.1, 0.15) is 23.2 Å². The van der Waals surface area contributed by atoms with Crippen molar-refractivity contribution in [1.82, 2.24) is 9.88 Å². The number of amides is 1. The van der Waals surface area contributed by atoms with Crippen molar-refractivity contribution in [2.75, 3.05) is 13.2 Å². The van der Waals surface area contributed by atoms with Gasteiger partial charge in [0.25, 0.3) is 0 Å². The summed E-state index contributed by atoms with van der Waals surface area (Å²) in [6.45, 7) is 1.33. The number of carbonyl (C=O) groups excluding carboxylic acids is 2. The van der Waals surface area contributed by atoms with E-state index in [2.05, 4.69) is 5.32 Å². The van der Waals surface area contributed by atoms with Crippen LogP contribution in [-0.4, -0.2) is 36.0 Å². The molecular weight excluding hydrogens is 287 g/mol. The van der Waals surface area contributed by atoms with Gasteiger partial charge in [-0.1, -0.05) is 0 Å². The summed E-state index contributed by atoms with van der Waals surface area (Å²) in [5.41, 5.74) is 1.04. The largest absolute Gasteiger partial charge is 0.376 e. The van der Waals surface area contributed by atoms with Crippen LogP contribution >= 0.6 is 0 Å². The fourth-order valence-electron chi connectivity index (χ4n) is 2.77. The molecule has 0 spiro atoms. The Morgan fingerprint density at radius 3 is 3.09 bits per heavy atom. The third kappa shape index (κ3) is 3.01. The molecule has 6 heteroatoms. The molecule has 1 saturated heterocycles. The first kappa shape index (κ1) is 14.7. The van der Waals surface area contributed by atoms with Crippen LogP contribution < -0.4 is 5.32 Å². The van der Waals surface area contributed by atoms with Crippen LogP contribution in [0, 0.1) is 5.82 Å². The Labute approximate surface area is 127 Å². The van der Waals surface area contributed by atoms with Crippen molar-refractivity contribution in [3.8, 4) is 0 Å². The van der Waals surface area contributed by atoms with Gasteiger partial charge in [-0.05, 0) is 31.0 Å². The van der Waals surface area contributed by atoms with Crippen molar-refractivity contribution in [1.29, 1.82) is 0 Å². The molecule has 0 saturated carbocycles. The topological polar surface area (TPSA) is 60.3 Å². The Kier molecular flexibility index (Phi) is 4.20. The molecule has 2 aromatic rings. The van der Waals surface area contributed by atoms with Crippen molar-refractivity contribution in [2.45, 2.75) is 25.5 Å². The van der Waals surface area contributed by atoms with Crippen LogP contribution in [0.4, 0.5) is 4.39 Å². The molecule has 1 aromatic carbocycles. The highest BCUT2D eigenvalue weighted by atomic mass is 19.1. The van der Waals surface area contributed by atoms with Crippen molar-refractivity contribution >= 4 is 23.1 Å². The van der Waals surface area contributed by atoms with E-state index in [0.29, 0.717) is 29.3 Å². The average Bonchev–Trinajstić information content (AvgIpc) is 3.13. The predicted octanol–water partition coefficient (Wildman–Crippen LogP) is 1.89. The smallest absolute Gasteiger partial charge is 0.240 e. The lowest BCUT2D eigenvalue weighted by Crippen LogP contribution is -2.34. The molecule has 5 nitrogen and oxygen atoms in total. The molecule has 0 aliphatic carbocycles. The highest BCUT2D eigenvalue weighted by Gasteiger charge is 2.17. The normalized spacial score (nSPS) is 17.8. The minimum atomic E-state index is -0.406. The number of halogens is 1. The van der Waals surface area contributed by atoms with Gasteiger partial charge in [0, 0.05) is 35.8 Å². The molecule has 1 unspecified atom stereocenters. The van der Waals surface area contributed by atoms with Gasteiger partial charge in [0.05, 0.1) is 6.10 Å². The number of nitrogens with one attached hydrogen (secondary N) is 1. The fourth-order valence-corrected chi connectivity index (χ4v) is 2.77. The van der Waals surface area contributed by atoms with E-state index in [-0.39, 0.29) is 18.6 Å². The van der Waals surface area contributed by atoms with Gasteiger partial charge in [-0.15, -0.1) is 0 Å². The van der Waals surface area contributed by atoms with Crippen molar-refractivity contribution in [3.63, 3.8) is 0 Å². The van der Waals surface area contributed by atoms with Crippen molar-refractivity contribution in [3.05, 3.63) is 35.8 Å². The molecule has 1 aromatic heterocycles. The highest BCUT2D eigenvalue weighted by molar-refractivity contribution is 5.98. The van der Waals surface area contributed by atoms with Crippen molar-refractivity contribution < 1.29 is 18.7 Å². The number of aldehydes is 1. The molecule has 0 radical (unpaired) electrons. The summed E-state index contributed by atoms with van der Waals surface area (Å²) in [4.78, 5) is 23.1. The number of carbonyl (C=O) groups is 2. The maximum absolute atomic E-state index is 13.3. The fraction of sp³-hybridized carbons (Fsp3) is 0.375. The summed E-state index contributed by atoms with van der Waals surface area (Å²) < 4.78 is 20.4. The van der Waals surface area contributed by atoms with Gasteiger partial charge in [-0.3, -0.25) is 9.59 Å². The molecule has 1 amide bonds. The zero-order valence-electron chi connectivity index (χ0n) is 12.0. The van der Waals surface area contributed by atoms with E-state index in [0.717, 1.165) is 19.4 Å². The number of fused-ring (bicyclic) bond motifs is 1. The molecule has 22 heavy (non-hydrogen) atoms. The Hall–Kier alpha value is -2.21. The summed E-state index contributed by atoms with van der Waals surface area (Å²) in [6, 6.07) is 4.20. The molecular formula is C16H17FN2O3. The van der Waals surface area contributed by atoms with E-state index >= 15 is 0 Å². The van der Waals surface area contributed by atoms with Crippen molar-refractivity contribution in [2.24, 2.45) is 0 Å². The monoisotopic (exact) mass is 304 g/mol. The molecule has 116 valence electrons. The lowest BCUT2D eigenvalue weighted by molar-refractivity contribution is -0.122. The first-order chi connectivity index (χ1) is 10.7. The first-order valence-electron chi connectivity index (χ1n) is 7.29. The minimum absolute atomic E-state index is 0.0860. The standard InChI is InChI=1S/C16H17FN2O3/c17-12-3-4-15-14(6-12)11(10-20)8-19(15)9-16(21)18-7-13-2-1-5-22-13/h3-4,6,8,10,13H,1-2,5,7,9H2,(H,18,21). The van der Waals surface area contributed by atoms with E-state index in [4.69, 9.17) is 4.74 Å². The van der Waals surface area contributed by atoms with Gasteiger partial charge in [0.15, 0.2) is 6.29 Å². The molecule has 1 atom stereocenters. The first-order valence-corrected chi connectivity index (χ1v) is 7.29. The Balaban J connectivity index is 1.72. The number of aromatic nitrogens is 1. The van der Waals surface area contributed by atoms with Gasteiger partial charge in [0.1, 0.15) is 12.4 Å². The maximum Gasteiger partial charge on any atom is 0.240 e. The Morgan fingerprint density at radius 2 is 2.36 bits per heavy atom. The maximum atomic E-state index is 13.3. The number of rotatable bonds is 5. The van der Waals surface area contributed by atoms with E-state index in [1.807, 2.05) is 0 Å². The third-order valence-electron chi connectivity index (χ3n) is 3.87. The molecule has 1 aliphatic rings. The van der Waals surface area contributed by atoms with Gasteiger partial charge in [0.2, 0.25) is 5.91 Å². The molecule has 1 aliphatic heterocycles. The number of ether oxygens (including phenoxy) is 1. The third-order valence-corrected chi connectivity index (χ3v) is 3.87. The second-order valence-corrected chi connectivity index (χ2v) is 5.43.